The Balaban J connectivity index is 1.36. The zero-order chi connectivity index (χ0) is 23.5. The lowest BCUT2D eigenvalue weighted by molar-refractivity contribution is -0.142. The summed E-state index contributed by atoms with van der Waals surface area (Å²) in [5, 5.41) is 0. The summed E-state index contributed by atoms with van der Waals surface area (Å²) < 4.78 is 26.8. The topological polar surface area (TPSA) is 83.4 Å². The summed E-state index contributed by atoms with van der Waals surface area (Å²) >= 11 is 0. The zero-order valence-electron chi connectivity index (χ0n) is 18.3. The van der Waals surface area contributed by atoms with E-state index in [0.717, 1.165) is 17.0 Å². The highest BCUT2D eigenvalue weighted by Crippen LogP contribution is 2.18. The number of ketones is 1. The third kappa shape index (κ3) is 4.79. The maximum Gasteiger partial charge on any atom is 0.419 e. The molecule has 0 aliphatic carbocycles. The number of esters is 1. The summed E-state index contributed by atoms with van der Waals surface area (Å²) in [6.45, 7) is 3.91. The van der Waals surface area contributed by atoms with Crippen molar-refractivity contribution in [1.82, 2.24) is 9.13 Å². The van der Waals surface area contributed by atoms with Crippen molar-refractivity contribution < 1.29 is 23.1 Å². The molecule has 0 spiro atoms. The highest BCUT2D eigenvalue weighted by Gasteiger charge is 2.18. The SMILES string of the molecule is Cc1cc(C(=O)COC(=O)CCn2c(=O)oc3ccccc32)c(C)n1Cc1ccc(F)cc1. The number of aryl methyl sites for hydroxylation is 2. The molecule has 0 atom stereocenters. The maximum atomic E-state index is 13.2. The smallest absolute Gasteiger partial charge is 0.419 e. The molecule has 0 amide bonds. The molecule has 2 heterocycles. The van der Waals surface area contributed by atoms with Crippen molar-refractivity contribution in [3.05, 3.63) is 93.5 Å². The number of rotatable bonds is 8. The molecule has 0 aliphatic heterocycles. The van der Waals surface area contributed by atoms with Gasteiger partial charge in [0.2, 0.25) is 5.78 Å². The summed E-state index contributed by atoms with van der Waals surface area (Å²) in [4.78, 5) is 36.9. The van der Waals surface area contributed by atoms with E-state index in [2.05, 4.69) is 0 Å². The first-order valence-corrected chi connectivity index (χ1v) is 10.5. The van der Waals surface area contributed by atoms with Crippen molar-refractivity contribution in [1.29, 1.82) is 0 Å². The van der Waals surface area contributed by atoms with Gasteiger partial charge in [0.15, 0.2) is 12.2 Å². The fraction of sp³-hybridized carbons (Fsp3) is 0.240. The van der Waals surface area contributed by atoms with Gasteiger partial charge in [0.25, 0.3) is 0 Å². The van der Waals surface area contributed by atoms with E-state index in [9.17, 15) is 18.8 Å². The minimum Gasteiger partial charge on any atom is -0.457 e. The van der Waals surface area contributed by atoms with Gasteiger partial charge in [-0.15, -0.1) is 0 Å². The number of ether oxygens (including phenoxy) is 1. The molecule has 0 N–H and O–H groups in total. The third-order valence-electron chi connectivity index (χ3n) is 5.61. The number of para-hydroxylation sites is 2. The summed E-state index contributed by atoms with van der Waals surface area (Å²) in [7, 11) is 0. The van der Waals surface area contributed by atoms with E-state index in [1.807, 2.05) is 18.4 Å². The van der Waals surface area contributed by atoms with E-state index < -0.39 is 11.7 Å². The van der Waals surface area contributed by atoms with E-state index in [-0.39, 0.29) is 31.2 Å². The van der Waals surface area contributed by atoms with Crippen LogP contribution in [0.2, 0.25) is 0 Å². The van der Waals surface area contributed by atoms with Gasteiger partial charge in [-0.25, -0.2) is 9.18 Å². The lowest BCUT2D eigenvalue weighted by atomic mass is 10.1. The molecule has 2 aromatic heterocycles. The molecule has 0 bridgehead atoms. The summed E-state index contributed by atoms with van der Waals surface area (Å²) in [5.41, 5.74) is 4.04. The molecule has 0 radical (unpaired) electrons. The lowest BCUT2D eigenvalue weighted by Gasteiger charge is -2.10. The van der Waals surface area contributed by atoms with Crippen molar-refractivity contribution in [2.45, 2.75) is 33.4 Å². The van der Waals surface area contributed by atoms with Crippen LogP contribution in [0.15, 0.2) is 63.8 Å². The predicted molar refractivity (Wildman–Crippen MR) is 120 cm³/mol. The average Bonchev–Trinajstić information content (AvgIpc) is 3.27. The molecule has 4 aromatic rings. The monoisotopic (exact) mass is 450 g/mol. The van der Waals surface area contributed by atoms with Gasteiger partial charge in [-0.1, -0.05) is 24.3 Å². The Bertz CT molecular complexity index is 1380. The molecule has 2 aromatic carbocycles. The van der Waals surface area contributed by atoms with Crippen molar-refractivity contribution in [2.24, 2.45) is 0 Å². The molecule has 0 saturated heterocycles. The number of nitrogens with zero attached hydrogens (tertiary/aromatic N) is 2. The Morgan fingerprint density at radius 3 is 2.52 bits per heavy atom. The zero-order valence-corrected chi connectivity index (χ0v) is 18.3. The number of aromatic nitrogens is 2. The number of hydrogen-bond acceptors (Lipinski definition) is 5. The first kappa shape index (κ1) is 22.3. The number of halogens is 1. The van der Waals surface area contributed by atoms with Gasteiger partial charge < -0.3 is 13.7 Å². The largest absolute Gasteiger partial charge is 0.457 e. The Kier molecular flexibility index (Phi) is 6.26. The van der Waals surface area contributed by atoms with E-state index in [0.29, 0.717) is 23.2 Å². The van der Waals surface area contributed by atoms with Crippen LogP contribution in [0, 0.1) is 19.7 Å². The van der Waals surface area contributed by atoms with Crippen molar-refractivity contribution in [2.75, 3.05) is 6.61 Å². The van der Waals surface area contributed by atoms with Crippen LogP contribution in [0.25, 0.3) is 11.1 Å². The Morgan fingerprint density at radius 2 is 1.76 bits per heavy atom. The summed E-state index contributed by atoms with van der Waals surface area (Å²) in [6, 6.07) is 14.9. The average molecular weight is 450 g/mol. The molecule has 170 valence electrons. The quantitative estimate of drug-likeness (QED) is 0.299. The first-order chi connectivity index (χ1) is 15.8. The summed E-state index contributed by atoms with van der Waals surface area (Å²) in [5.74, 6) is -1.75. The third-order valence-corrected chi connectivity index (χ3v) is 5.61. The molecule has 4 rings (SSSR count). The Labute approximate surface area is 189 Å². The molecule has 0 unspecified atom stereocenters. The van der Waals surface area contributed by atoms with Gasteiger partial charge >= 0.3 is 11.7 Å². The molecule has 0 aliphatic rings. The van der Waals surface area contributed by atoms with Gasteiger partial charge in [0.05, 0.1) is 11.9 Å². The van der Waals surface area contributed by atoms with E-state index >= 15 is 0 Å². The van der Waals surface area contributed by atoms with E-state index in [1.54, 1.807) is 42.5 Å². The second kappa shape index (κ2) is 9.28. The summed E-state index contributed by atoms with van der Waals surface area (Å²) in [6.07, 6.45) is -0.0691. The minimum atomic E-state index is -0.583. The van der Waals surface area contributed by atoms with Crippen LogP contribution in [-0.2, 0) is 22.6 Å². The highest BCUT2D eigenvalue weighted by molar-refractivity contribution is 5.99. The highest BCUT2D eigenvalue weighted by atomic mass is 19.1. The van der Waals surface area contributed by atoms with Crippen LogP contribution in [-0.4, -0.2) is 27.5 Å². The van der Waals surface area contributed by atoms with Crippen LogP contribution >= 0.6 is 0 Å². The van der Waals surface area contributed by atoms with Crippen molar-refractivity contribution >= 4 is 22.9 Å². The number of oxazole rings is 1. The molecule has 8 heteroatoms. The molecular formula is C25H23FN2O5. The van der Waals surface area contributed by atoms with E-state index in [1.165, 1.54) is 16.7 Å². The number of hydrogen-bond donors (Lipinski definition) is 0. The normalized spacial score (nSPS) is 11.1. The number of benzene rings is 2. The fourth-order valence-electron chi connectivity index (χ4n) is 3.82. The van der Waals surface area contributed by atoms with Gasteiger partial charge in [0, 0.05) is 30.0 Å². The van der Waals surface area contributed by atoms with Crippen LogP contribution in [0.4, 0.5) is 4.39 Å². The number of Topliss-reactive ketones (excluding diaryl/α,β-unsaturated/α-hetero) is 1. The number of carbonyl (C=O) groups is 2. The standard InChI is InChI=1S/C25H23FN2O5/c1-16-13-20(17(2)28(16)14-18-7-9-19(26)10-8-18)22(29)15-32-24(30)11-12-27-21-5-3-4-6-23(21)33-25(27)31/h3-10,13H,11-12,14-15H2,1-2H3. The lowest BCUT2D eigenvalue weighted by Crippen LogP contribution is -2.19. The van der Waals surface area contributed by atoms with Crippen LogP contribution < -0.4 is 5.76 Å². The molecule has 7 nitrogen and oxygen atoms in total. The first-order valence-electron chi connectivity index (χ1n) is 10.5. The van der Waals surface area contributed by atoms with Crippen LogP contribution in [0.3, 0.4) is 0 Å². The van der Waals surface area contributed by atoms with E-state index in [4.69, 9.17) is 9.15 Å². The minimum absolute atomic E-state index is 0.0691. The molecular weight excluding hydrogens is 427 g/mol. The van der Waals surface area contributed by atoms with Crippen LogP contribution in [0.1, 0.15) is 33.7 Å². The predicted octanol–water partition coefficient (Wildman–Crippen LogP) is 4.02. The second-order valence-electron chi connectivity index (χ2n) is 7.82. The second-order valence-corrected chi connectivity index (χ2v) is 7.82. The maximum absolute atomic E-state index is 13.2. The fourth-order valence-corrected chi connectivity index (χ4v) is 3.82. The Hall–Kier alpha value is -3.94. The van der Waals surface area contributed by atoms with Gasteiger partial charge in [0.1, 0.15) is 5.82 Å². The van der Waals surface area contributed by atoms with Crippen molar-refractivity contribution in [3.63, 3.8) is 0 Å². The van der Waals surface area contributed by atoms with Gasteiger partial charge in [-0.2, -0.15) is 0 Å². The van der Waals surface area contributed by atoms with Crippen molar-refractivity contribution in [3.8, 4) is 0 Å². The van der Waals surface area contributed by atoms with Gasteiger partial charge in [-0.05, 0) is 49.7 Å². The van der Waals surface area contributed by atoms with Crippen LogP contribution in [0.5, 0.6) is 0 Å². The molecule has 33 heavy (non-hydrogen) atoms. The Morgan fingerprint density at radius 1 is 1.03 bits per heavy atom. The molecule has 0 saturated carbocycles. The van der Waals surface area contributed by atoms with Gasteiger partial charge in [-0.3, -0.25) is 14.2 Å². The number of carbonyl (C=O) groups excluding carboxylic acids is 2. The molecule has 0 fully saturated rings. The number of fused-ring (bicyclic) bond motifs is 1.